The lowest BCUT2D eigenvalue weighted by Gasteiger charge is -2.13. The number of ether oxygens (including phenoxy) is 2. The van der Waals surface area contributed by atoms with Crippen molar-refractivity contribution >= 4 is 41.2 Å². The maximum absolute atomic E-state index is 12.5. The van der Waals surface area contributed by atoms with Gasteiger partial charge in [0.1, 0.15) is 28.6 Å². The van der Waals surface area contributed by atoms with Crippen LogP contribution in [0.5, 0.6) is 17.2 Å². The van der Waals surface area contributed by atoms with E-state index in [9.17, 15) is 9.90 Å². The molecule has 0 aliphatic heterocycles. The van der Waals surface area contributed by atoms with Crippen LogP contribution in [0.1, 0.15) is 20.8 Å². The molecule has 0 spiro atoms. The first-order valence-electron chi connectivity index (χ1n) is 9.23. The summed E-state index contributed by atoms with van der Waals surface area (Å²) in [6.07, 6.45) is 0.619. The van der Waals surface area contributed by atoms with Gasteiger partial charge in [-0.15, -0.1) is 23.7 Å². The van der Waals surface area contributed by atoms with Gasteiger partial charge in [-0.05, 0) is 35.6 Å². The number of phenolic OH excluding ortho intramolecular Hbond substituents is 1. The number of phenols is 1. The molecular formula is C22H24ClN3O4S. The Morgan fingerprint density at radius 1 is 1.13 bits per heavy atom. The van der Waals surface area contributed by atoms with Crippen LogP contribution >= 0.6 is 23.7 Å². The van der Waals surface area contributed by atoms with E-state index in [0.29, 0.717) is 24.6 Å². The molecule has 1 amide bonds. The van der Waals surface area contributed by atoms with Crippen molar-refractivity contribution in [3.05, 3.63) is 69.9 Å². The van der Waals surface area contributed by atoms with Crippen LogP contribution in [-0.2, 0) is 6.42 Å². The van der Waals surface area contributed by atoms with E-state index in [2.05, 4.69) is 10.6 Å². The Morgan fingerprint density at radius 2 is 1.87 bits per heavy atom. The molecule has 0 saturated heterocycles. The second kappa shape index (κ2) is 11.2. The highest BCUT2D eigenvalue weighted by Crippen LogP contribution is 2.33. The van der Waals surface area contributed by atoms with Crippen LogP contribution in [-0.4, -0.2) is 37.6 Å². The summed E-state index contributed by atoms with van der Waals surface area (Å²) in [6, 6.07) is 14.4. The van der Waals surface area contributed by atoms with Gasteiger partial charge in [-0.3, -0.25) is 10.2 Å². The van der Waals surface area contributed by atoms with Crippen molar-refractivity contribution in [3.63, 3.8) is 0 Å². The monoisotopic (exact) mass is 461 g/mol. The maximum atomic E-state index is 12.5. The van der Waals surface area contributed by atoms with Crippen molar-refractivity contribution in [1.29, 1.82) is 5.41 Å². The number of halogens is 1. The van der Waals surface area contributed by atoms with E-state index in [0.717, 1.165) is 16.1 Å². The molecule has 3 rings (SSSR count). The second-order valence-electron chi connectivity index (χ2n) is 6.40. The molecule has 1 aromatic heterocycles. The highest BCUT2D eigenvalue weighted by atomic mass is 35.5. The molecule has 0 atom stereocenters. The van der Waals surface area contributed by atoms with Crippen LogP contribution in [0.3, 0.4) is 0 Å². The number of carbonyl (C=O) groups excluding carboxylic acids is 1. The average molecular weight is 462 g/mol. The van der Waals surface area contributed by atoms with Gasteiger partial charge in [-0.2, -0.15) is 0 Å². The number of anilines is 1. The Bertz CT molecular complexity index is 1020. The minimum Gasteiger partial charge on any atom is -0.507 e. The first-order valence-corrected chi connectivity index (χ1v) is 10.1. The third kappa shape index (κ3) is 6.13. The van der Waals surface area contributed by atoms with Crippen molar-refractivity contribution in [3.8, 4) is 17.2 Å². The SMILES string of the molecule is COc1cc(O)c(C(=O)NCCc2ccc(NC(=N)c3cccs3)cc2)c(OC)c1.Cl. The summed E-state index contributed by atoms with van der Waals surface area (Å²) < 4.78 is 10.3. The zero-order chi connectivity index (χ0) is 21.5. The van der Waals surface area contributed by atoms with Gasteiger partial charge in [0, 0.05) is 24.4 Å². The number of benzene rings is 2. The normalized spacial score (nSPS) is 10.0. The van der Waals surface area contributed by atoms with E-state index in [1.807, 2.05) is 41.8 Å². The predicted molar refractivity (Wildman–Crippen MR) is 126 cm³/mol. The van der Waals surface area contributed by atoms with Crippen molar-refractivity contribution < 1.29 is 19.4 Å². The molecule has 164 valence electrons. The largest absolute Gasteiger partial charge is 0.507 e. The number of carbonyl (C=O) groups is 1. The number of amidine groups is 1. The van der Waals surface area contributed by atoms with E-state index >= 15 is 0 Å². The Hall–Kier alpha value is -3.23. The van der Waals surface area contributed by atoms with E-state index in [1.165, 1.54) is 31.6 Å². The number of nitrogens with one attached hydrogen (secondary N) is 3. The van der Waals surface area contributed by atoms with Gasteiger partial charge in [-0.25, -0.2) is 0 Å². The average Bonchev–Trinajstić information content (AvgIpc) is 3.29. The molecule has 1 heterocycles. The molecule has 3 aromatic rings. The Labute approximate surface area is 190 Å². The fourth-order valence-electron chi connectivity index (χ4n) is 2.87. The Balaban J connectivity index is 0.00000341. The second-order valence-corrected chi connectivity index (χ2v) is 7.35. The number of aromatic hydroxyl groups is 1. The molecule has 31 heavy (non-hydrogen) atoms. The fraction of sp³-hybridized carbons (Fsp3) is 0.182. The molecular weight excluding hydrogens is 438 g/mol. The van der Waals surface area contributed by atoms with Crippen molar-refractivity contribution in [1.82, 2.24) is 5.32 Å². The van der Waals surface area contributed by atoms with E-state index in [1.54, 1.807) is 6.07 Å². The minimum absolute atomic E-state index is 0. The maximum Gasteiger partial charge on any atom is 0.258 e. The van der Waals surface area contributed by atoms with Gasteiger partial charge in [-0.1, -0.05) is 18.2 Å². The van der Waals surface area contributed by atoms with Gasteiger partial charge < -0.3 is 25.2 Å². The summed E-state index contributed by atoms with van der Waals surface area (Å²) in [5.74, 6) is 0.384. The lowest BCUT2D eigenvalue weighted by Crippen LogP contribution is -2.26. The Morgan fingerprint density at radius 3 is 2.48 bits per heavy atom. The van der Waals surface area contributed by atoms with Crippen LogP contribution < -0.4 is 20.1 Å². The van der Waals surface area contributed by atoms with Crippen molar-refractivity contribution in [2.75, 3.05) is 26.1 Å². The number of amides is 1. The van der Waals surface area contributed by atoms with Gasteiger partial charge >= 0.3 is 0 Å². The molecule has 0 aliphatic carbocycles. The van der Waals surface area contributed by atoms with Crippen LogP contribution in [0.25, 0.3) is 0 Å². The topological polar surface area (TPSA) is 104 Å². The Kier molecular flexibility index (Phi) is 8.72. The molecule has 0 radical (unpaired) electrons. The van der Waals surface area contributed by atoms with Crippen LogP contribution in [0.4, 0.5) is 5.69 Å². The lowest BCUT2D eigenvalue weighted by atomic mass is 10.1. The van der Waals surface area contributed by atoms with Crippen LogP contribution in [0.2, 0.25) is 0 Å². The number of methoxy groups -OCH3 is 2. The summed E-state index contributed by atoms with van der Waals surface area (Å²) in [5, 5.41) is 26.0. The number of thiophene rings is 1. The van der Waals surface area contributed by atoms with Crippen molar-refractivity contribution in [2.24, 2.45) is 0 Å². The number of hydrogen-bond acceptors (Lipinski definition) is 6. The summed E-state index contributed by atoms with van der Waals surface area (Å²) in [5.41, 5.74) is 1.94. The predicted octanol–water partition coefficient (Wildman–Crippen LogP) is 4.30. The molecule has 7 nitrogen and oxygen atoms in total. The molecule has 2 aromatic carbocycles. The van der Waals surface area contributed by atoms with E-state index in [4.69, 9.17) is 14.9 Å². The van der Waals surface area contributed by atoms with Gasteiger partial charge in [0.15, 0.2) is 0 Å². The zero-order valence-electron chi connectivity index (χ0n) is 17.1. The van der Waals surface area contributed by atoms with Crippen LogP contribution in [0.15, 0.2) is 53.9 Å². The summed E-state index contributed by atoms with van der Waals surface area (Å²) in [4.78, 5) is 13.4. The third-order valence-corrected chi connectivity index (χ3v) is 5.31. The van der Waals surface area contributed by atoms with E-state index in [-0.39, 0.29) is 29.5 Å². The lowest BCUT2D eigenvalue weighted by molar-refractivity contribution is 0.0948. The summed E-state index contributed by atoms with van der Waals surface area (Å²) >= 11 is 1.51. The first-order chi connectivity index (χ1) is 14.5. The number of rotatable bonds is 8. The molecule has 4 N–H and O–H groups in total. The zero-order valence-corrected chi connectivity index (χ0v) is 18.7. The van der Waals surface area contributed by atoms with Crippen LogP contribution in [0, 0.1) is 5.41 Å². The first kappa shape index (κ1) is 24.0. The van der Waals surface area contributed by atoms with Gasteiger partial charge in [0.05, 0.1) is 19.1 Å². The minimum atomic E-state index is -0.422. The third-order valence-electron chi connectivity index (χ3n) is 4.43. The quantitative estimate of drug-likeness (QED) is 0.296. The van der Waals surface area contributed by atoms with Gasteiger partial charge in [0.25, 0.3) is 5.91 Å². The molecule has 0 fully saturated rings. The highest BCUT2D eigenvalue weighted by Gasteiger charge is 2.19. The number of hydrogen-bond donors (Lipinski definition) is 4. The van der Waals surface area contributed by atoms with E-state index < -0.39 is 5.91 Å². The molecule has 9 heteroatoms. The molecule has 0 saturated carbocycles. The van der Waals surface area contributed by atoms with Gasteiger partial charge in [0.2, 0.25) is 0 Å². The smallest absolute Gasteiger partial charge is 0.258 e. The summed E-state index contributed by atoms with van der Waals surface area (Å²) in [7, 11) is 2.90. The van der Waals surface area contributed by atoms with Crippen molar-refractivity contribution in [2.45, 2.75) is 6.42 Å². The highest BCUT2D eigenvalue weighted by molar-refractivity contribution is 7.12. The molecule has 0 bridgehead atoms. The fourth-order valence-corrected chi connectivity index (χ4v) is 3.50. The molecule has 0 unspecified atom stereocenters. The standard InChI is InChI=1S/C22H23N3O4S.ClH/c1-28-16-12-17(26)20(18(13-16)29-2)22(27)24-10-9-14-5-7-15(8-6-14)25-21(23)19-4-3-11-30-19;/h3-8,11-13,26H,9-10H2,1-2H3,(H2,23,25)(H,24,27);1H. The molecule has 0 aliphatic rings. The summed E-state index contributed by atoms with van der Waals surface area (Å²) in [6.45, 7) is 0.394.